The molecule has 1 saturated heterocycles. The van der Waals surface area contributed by atoms with E-state index >= 15 is 0 Å². The summed E-state index contributed by atoms with van der Waals surface area (Å²) in [5, 5.41) is 17.3. The summed E-state index contributed by atoms with van der Waals surface area (Å²) in [5.41, 5.74) is 1.32. The summed E-state index contributed by atoms with van der Waals surface area (Å²) >= 11 is 0. The van der Waals surface area contributed by atoms with Gasteiger partial charge in [0, 0.05) is 26.1 Å². The van der Waals surface area contributed by atoms with E-state index in [0.29, 0.717) is 23.2 Å². The molecule has 0 bridgehead atoms. The first-order valence-electron chi connectivity index (χ1n) is 9.67. The molecule has 4 rings (SSSR count). The number of H-pyrrole nitrogens is 1. The number of pyridine rings is 2. The first kappa shape index (κ1) is 18.4. The van der Waals surface area contributed by atoms with Gasteiger partial charge in [0.1, 0.15) is 11.5 Å². The highest BCUT2D eigenvalue weighted by Crippen LogP contribution is 2.33. The van der Waals surface area contributed by atoms with Crippen LogP contribution in [0.5, 0.6) is 0 Å². The van der Waals surface area contributed by atoms with Crippen LogP contribution in [-0.4, -0.2) is 33.3 Å². The number of nitrogens with one attached hydrogen (secondary N) is 1. The number of anilines is 1. The van der Waals surface area contributed by atoms with Crippen molar-refractivity contribution < 1.29 is 5.82 Å². The van der Waals surface area contributed by atoms with E-state index in [1.54, 1.807) is 18.3 Å². The summed E-state index contributed by atoms with van der Waals surface area (Å²) < 4.78 is 14.6. The molecule has 146 valence electrons. The van der Waals surface area contributed by atoms with Crippen molar-refractivity contribution in [2.75, 3.05) is 18.0 Å². The molecule has 0 aliphatic carbocycles. The molecule has 0 aromatic carbocycles. The fourth-order valence-electron chi connectivity index (χ4n) is 4.07. The number of rotatable bonds is 4. The van der Waals surface area contributed by atoms with Gasteiger partial charge in [0.2, 0.25) is 0 Å². The molecule has 3 aromatic heterocycles. The molecule has 2 atom stereocenters. The molecular formula is C21H25FN6. The molecular weight excluding hydrogens is 355 g/mol. The highest BCUT2D eigenvalue weighted by Gasteiger charge is 2.30. The Morgan fingerprint density at radius 2 is 2.25 bits per heavy atom. The molecule has 1 N–H and O–H groups in total. The van der Waals surface area contributed by atoms with Gasteiger partial charge in [-0.15, -0.1) is 0 Å². The van der Waals surface area contributed by atoms with Gasteiger partial charge in [-0.1, -0.05) is 13.8 Å². The van der Waals surface area contributed by atoms with Crippen molar-refractivity contribution in [3.8, 4) is 17.5 Å². The lowest BCUT2D eigenvalue weighted by molar-refractivity contribution is 0.288. The van der Waals surface area contributed by atoms with Gasteiger partial charge in [0.05, 0.1) is 17.7 Å². The Morgan fingerprint density at radius 3 is 3.04 bits per heavy atom. The first-order chi connectivity index (χ1) is 13.6. The molecule has 1 aliphatic rings. The molecule has 2 unspecified atom stereocenters. The van der Waals surface area contributed by atoms with Gasteiger partial charge >= 0.3 is 0 Å². The Balaban J connectivity index is 0.00000240. The van der Waals surface area contributed by atoms with Crippen LogP contribution < -0.4 is 4.90 Å². The van der Waals surface area contributed by atoms with Gasteiger partial charge < -0.3 is 4.90 Å². The third kappa shape index (κ3) is 3.42. The quantitative estimate of drug-likeness (QED) is 0.725. The van der Waals surface area contributed by atoms with Crippen LogP contribution >= 0.6 is 0 Å². The van der Waals surface area contributed by atoms with Crippen molar-refractivity contribution in [3.63, 3.8) is 0 Å². The SMILES string of the molecule is CC(C)CC1CN(c2ccc(F)c(-c3[nH]nc4ncccc34)n2)CCC1C#N.[HH]. The van der Waals surface area contributed by atoms with Crippen molar-refractivity contribution in [1.29, 1.82) is 5.26 Å². The van der Waals surface area contributed by atoms with E-state index in [1.165, 1.54) is 6.07 Å². The van der Waals surface area contributed by atoms with Crippen molar-refractivity contribution in [3.05, 3.63) is 36.3 Å². The maximum Gasteiger partial charge on any atom is 0.181 e. The van der Waals surface area contributed by atoms with E-state index in [4.69, 9.17) is 0 Å². The average molecular weight is 380 g/mol. The third-order valence-electron chi connectivity index (χ3n) is 5.40. The Labute approximate surface area is 164 Å². The minimum absolute atomic E-state index is 0. The van der Waals surface area contributed by atoms with Crippen molar-refractivity contribution in [2.24, 2.45) is 17.8 Å². The monoisotopic (exact) mass is 380 g/mol. The van der Waals surface area contributed by atoms with Crippen LogP contribution in [0.4, 0.5) is 10.2 Å². The second-order valence-electron chi connectivity index (χ2n) is 7.83. The summed E-state index contributed by atoms with van der Waals surface area (Å²) in [6, 6.07) is 9.29. The first-order valence-corrected chi connectivity index (χ1v) is 9.67. The van der Waals surface area contributed by atoms with E-state index in [9.17, 15) is 9.65 Å². The van der Waals surface area contributed by atoms with Crippen molar-refractivity contribution in [1.82, 2.24) is 20.2 Å². The number of fused-ring (bicyclic) bond motifs is 1. The molecule has 1 aliphatic heterocycles. The van der Waals surface area contributed by atoms with Crippen LogP contribution in [0.3, 0.4) is 0 Å². The van der Waals surface area contributed by atoms with Crippen LogP contribution in [0.25, 0.3) is 22.4 Å². The molecule has 6 nitrogen and oxygen atoms in total. The van der Waals surface area contributed by atoms with Gasteiger partial charge in [-0.25, -0.2) is 14.4 Å². The number of aromatic amines is 1. The van der Waals surface area contributed by atoms with Gasteiger partial charge in [0.25, 0.3) is 0 Å². The van der Waals surface area contributed by atoms with E-state index < -0.39 is 5.82 Å². The third-order valence-corrected chi connectivity index (χ3v) is 5.40. The number of piperidine rings is 1. The van der Waals surface area contributed by atoms with Gasteiger partial charge in [-0.05, 0) is 48.9 Å². The summed E-state index contributed by atoms with van der Waals surface area (Å²) in [4.78, 5) is 11.0. The van der Waals surface area contributed by atoms with Crippen LogP contribution in [0.1, 0.15) is 28.1 Å². The second kappa shape index (κ2) is 7.55. The predicted octanol–water partition coefficient (Wildman–Crippen LogP) is 4.42. The highest BCUT2D eigenvalue weighted by atomic mass is 19.1. The van der Waals surface area contributed by atoms with Gasteiger partial charge in [-0.2, -0.15) is 10.4 Å². The molecule has 0 spiro atoms. The lowest BCUT2D eigenvalue weighted by atomic mass is 9.81. The number of hydrogen-bond acceptors (Lipinski definition) is 5. The summed E-state index contributed by atoms with van der Waals surface area (Å²) in [6.45, 7) is 5.87. The van der Waals surface area contributed by atoms with Crippen molar-refractivity contribution in [2.45, 2.75) is 26.7 Å². The average Bonchev–Trinajstić information content (AvgIpc) is 3.12. The minimum Gasteiger partial charge on any atom is -0.356 e. The zero-order valence-corrected chi connectivity index (χ0v) is 16.1. The van der Waals surface area contributed by atoms with E-state index in [0.717, 1.165) is 37.1 Å². The maximum absolute atomic E-state index is 14.6. The number of nitrogens with zero attached hydrogens (tertiary/aromatic N) is 5. The zero-order valence-electron chi connectivity index (χ0n) is 16.1. The second-order valence-corrected chi connectivity index (χ2v) is 7.83. The Hall–Kier alpha value is -3.01. The normalized spacial score (nSPS) is 19.9. The molecule has 1 fully saturated rings. The topological polar surface area (TPSA) is 81.5 Å². The van der Waals surface area contributed by atoms with E-state index in [1.807, 2.05) is 6.07 Å². The number of halogens is 1. The fraction of sp³-hybridized carbons (Fsp3) is 0.429. The summed E-state index contributed by atoms with van der Waals surface area (Å²) in [6.07, 6.45) is 3.46. The Bertz CT molecular complexity index is 1030. The van der Waals surface area contributed by atoms with Crippen LogP contribution in [0.15, 0.2) is 30.5 Å². The minimum atomic E-state index is -0.399. The lowest BCUT2D eigenvalue weighted by Gasteiger charge is -2.37. The molecule has 28 heavy (non-hydrogen) atoms. The molecule has 3 aromatic rings. The number of nitriles is 1. The fourth-order valence-corrected chi connectivity index (χ4v) is 4.07. The predicted molar refractivity (Wildman–Crippen MR) is 108 cm³/mol. The number of aromatic nitrogens is 4. The summed E-state index contributed by atoms with van der Waals surface area (Å²) in [5.74, 6) is 1.23. The Morgan fingerprint density at radius 1 is 1.39 bits per heavy atom. The van der Waals surface area contributed by atoms with E-state index in [-0.39, 0.29) is 13.0 Å². The molecule has 0 saturated carbocycles. The van der Waals surface area contributed by atoms with Gasteiger partial charge in [-0.3, -0.25) is 5.10 Å². The standard InChI is InChI=1S/C21H23FN6.H2/c1-13(2)10-15-12-28(9-7-14(15)11-23)18-6-5-17(22)20(25-18)19-16-4-3-8-24-21(16)27-26-19;/h3-6,8,13-15H,7,9-10,12H2,1-2H3,(H,24,26,27);1H. The molecule has 4 heterocycles. The Kier molecular flexibility index (Phi) is 4.95. The molecule has 7 heteroatoms. The lowest BCUT2D eigenvalue weighted by Crippen LogP contribution is -2.41. The van der Waals surface area contributed by atoms with Crippen LogP contribution in [0, 0.1) is 34.9 Å². The van der Waals surface area contributed by atoms with Crippen LogP contribution in [0.2, 0.25) is 0 Å². The number of hydrogen-bond donors (Lipinski definition) is 1. The van der Waals surface area contributed by atoms with Gasteiger partial charge in [0.15, 0.2) is 11.5 Å². The smallest absolute Gasteiger partial charge is 0.181 e. The molecule has 0 radical (unpaired) electrons. The zero-order chi connectivity index (χ0) is 19.7. The maximum atomic E-state index is 14.6. The molecule has 0 amide bonds. The van der Waals surface area contributed by atoms with Crippen LogP contribution in [-0.2, 0) is 0 Å². The summed E-state index contributed by atoms with van der Waals surface area (Å²) in [7, 11) is 0. The highest BCUT2D eigenvalue weighted by molar-refractivity contribution is 5.89. The largest absolute Gasteiger partial charge is 0.356 e. The van der Waals surface area contributed by atoms with Crippen molar-refractivity contribution >= 4 is 16.9 Å². The van der Waals surface area contributed by atoms with E-state index in [2.05, 4.69) is 45.0 Å².